The van der Waals surface area contributed by atoms with Crippen LogP contribution in [0.2, 0.25) is 32.7 Å². The number of esters is 2. The third-order valence-corrected chi connectivity index (χ3v) is 6.10. The highest BCUT2D eigenvalue weighted by atomic mass is 127. The first-order valence-corrected chi connectivity index (χ1v) is 19.1. The van der Waals surface area contributed by atoms with Crippen LogP contribution >= 0.6 is 22.6 Å². The van der Waals surface area contributed by atoms with E-state index in [4.69, 9.17) is 15.9 Å². The minimum Gasteiger partial charge on any atom is -0.462 e. The molecule has 0 saturated carbocycles. The number of carbonyl (C=O) groups is 2. The SMILES string of the molecule is C#C[Si]([CH2+])(C)C.CCOC(=O)c1ccc(C#C[Si](C)(C)C)cc1.CCOC(=O)c1ccc(I)cc1. The van der Waals surface area contributed by atoms with Crippen molar-refractivity contribution in [2.45, 2.75) is 46.6 Å². The number of terminal acetylenes is 1. The van der Waals surface area contributed by atoms with Crippen LogP contribution in [-0.4, -0.2) is 41.3 Å². The first-order chi connectivity index (χ1) is 16.2. The number of ether oxygens (including phenoxy) is 2. The predicted molar refractivity (Wildman–Crippen MR) is 159 cm³/mol. The van der Waals surface area contributed by atoms with Gasteiger partial charge in [0.15, 0.2) is 0 Å². The molecule has 0 atom stereocenters. The van der Waals surface area contributed by atoms with E-state index in [1.165, 1.54) is 0 Å². The van der Waals surface area contributed by atoms with E-state index >= 15 is 0 Å². The van der Waals surface area contributed by atoms with Crippen LogP contribution in [0.5, 0.6) is 0 Å². The second kappa shape index (κ2) is 16.3. The van der Waals surface area contributed by atoms with Gasteiger partial charge in [-0.05, 0) is 98.1 Å². The van der Waals surface area contributed by atoms with Crippen LogP contribution in [-0.2, 0) is 9.47 Å². The van der Waals surface area contributed by atoms with Crippen LogP contribution < -0.4 is 0 Å². The van der Waals surface area contributed by atoms with Crippen molar-refractivity contribution in [2.75, 3.05) is 13.2 Å². The molecular weight excluding hydrogens is 583 g/mol. The van der Waals surface area contributed by atoms with Crippen LogP contribution in [0.25, 0.3) is 0 Å². The van der Waals surface area contributed by atoms with Crippen LogP contribution in [0.1, 0.15) is 40.1 Å². The molecule has 35 heavy (non-hydrogen) atoms. The fraction of sp³-hybridized carbons (Fsp3) is 0.321. The van der Waals surface area contributed by atoms with Gasteiger partial charge < -0.3 is 9.47 Å². The molecule has 0 unspecified atom stereocenters. The van der Waals surface area contributed by atoms with E-state index in [1.807, 2.05) is 37.4 Å². The topological polar surface area (TPSA) is 52.6 Å². The first kappa shape index (κ1) is 32.5. The molecule has 0 N–H and O–H groups in total. The van der Waals surface area contributed by atoms with Gasteiger partial charge in [-0.2, -0.15) is 0 Å². The molecule has 0 aromatic heterocycles. The molecule has 0 aliphatic rings. The Morgan fingerprint density at radius 1 is 0.857 bits per heavy atom. The summed E-state index contributed by atoms with van der Waals surface area (Å²) in [6, 6.07) is 14.5. The highest BCUT2D eigenvalue weighted by Crippen LogP contribution is 2.08. The van der Waals surface area contributed by atoms with Gasteiger partial charge in [-0.25, -0.2) is 9.59 Å². The molecule has 0 aliphatic carbocycles. The van der Waals surface area contributed by atoms with Crippen LogP contribution in [0.15, 0.2) is 48.5 Å². The summed E-state index contributed by atoms with van der Waals surface area (Å²) in [6.45, 7) is 18.9. The molecule has 2 aromatic rings. The highest BCUT2D eigenvalue weighted by Gasteiger charge is 2.18. The highest BCUT2D eigenvalue weighted by molar-refractivity contribution is 14.1. The summed E-state index contributed by atoms with van der Waals surface area (Å²) >= 11 is 2.19. The molecule has 0 aliphatic heterocycles. The number of halogens is 1. The maximum absolute atomic E-state index is 11.4. The summed E-state index contributed by atoms with van der Waals surface area (Å²) in [5, 5.41) is 0. The van der Waals surface area contributed by atoms with Gasteiger partial charge in [-0.3, -0.25) is 0 Å². The smallest absolute Gasteiger partial charge is 0.338 e. The molecule has 0 spiro atoms. The molecule has 0 heterocycles. The molecule has 0 bridgehead atoms. The summed E-state index contributed by atoms with van der Waals surface area (Å²) < 4.78 is 10.9. The van der Waals surface area contributed by atoms with Gasteiger partial charge in [-0.15, -0.1) is 12.0 Å². The Labute approximate surface area is 227 Å². The lowest BCUT2D eigenvalue weighted by Gasteiger charge is -2.04. The Balaban J connectivity index is 0.000000557. The molecule has 7 heteroatoms. The zero-order valence-electron chi connectivity index (χ0n) is 21.8. The van der Waals surface area contributed by atoms with Crippen molar-refractivity contribution in [3.05, 3.63) is 75.3 Å². The third kappa shape index (κ3) is 16.7. The lowest BCUT2D eigenvalue weighted by atomic mass is 10.1. The number of hydrogen-bond acceptors (Lipinski definition) is 4. The Morgan fingerprint density at radius 2 is 1.23 bits per heavy atom. The summed E-state index contributed by atoms with van der Waals surface area (Å²) in [5.41, 5.74) is 8.04. The molecule has 4 nitrogen and oxygen atoms in total. The van der Waals surface area contributed by atoms with Crippen LogP contribution in [0.3, 0.4) is 0 Å². The van der Waals surface area contributed by atoms with Crippen molar-refractivity contribution < 1.29 is 19.1 Å². The zero-order valence-corrected chi connectivity index (χ0v) is 26.0. The molecular formula is C28H36IO4Si2+. The Kier molecular flexibility index (Phi) is 15.1. The summed E-state index contributed by atoms with van der Waals surface area (Å²) in [4.78, 5) is 22.6. The standard InChI is InChI=1S/C14H18O2Si.C9H9IO2.C5H9Si/c1-5-16-14(15)13-8-6-12(7-9-13)10-11-17(2,3)4;1-2-12-9(11)7-3-5-8(10)6-4-7;1-5-6(2,3)4/h6-9H,5H2,1-4H3;3-6H,2H2,1H3;1H,2H2,3-4H3/q;;+1. The van der Waals surface area contributed by atoms with E-state index in [2.05, 4.69) is 65.8 Å². The quantitative estimate of drug-likeness (QED) is 0.124. The van der Waals surface area contributed by atoms with Gasteiger partial charge in [0.1, 0.15) is 8.07 Å². The Morgan fingerprint density at radius 3 is 1.54 bits per heavy atom. The van der Waals surface area contributed by atoms with Gasteiger partial charge in [-0.1, -0.05) is 31.1 Å². The lowest BCUT2D eigenvalue weighted by molar-refractivity contribution is 0.0516. The minimum atomic E-state index is -1.35. The summed E-state index contributed by atoms with van der Waals surface area (Å²) in [7, 11) is -2.69. The molecule has 0 fully saturated rings. The number of carbonyl (C=O) groups excluding carboxylic acids is 2. The van der Waals surface area contributed by atoms with Gasteiger partial charge in [0.2, 0.25) is 0 Å². The van der Waals surface area contributed by atoms with Gasteiger partial charge >= 0.3 is 20.0 Å². The fourth-order valence-electron chi connectivity index (χ4n) is 1.96. The molecule has 0 amide bonds. The maximum atomic E-state index is 11.4. The molecule has 2 aromatic carbocycles. The second-order valence-corrected chi connectivity index (χ2v) is 19.1. The minimum absolute atomic E-state index is 0.256. The molecule has 2 rings (SSSR count). The van der Waals surface area contributed by atoms with Crippen molar-refractivity contribution in [3.8, 4) is 23.4 Å². The molecule has 186 valence electrons. The van der Waals surface area contributed by atoms with E-state index in [1.54, 1.807) is 38.1 Å². The Hall–Kier alpha value is -2.47. The van der Waals surface area contributed by atoms with Crippen molar-refractivity contribution in [2.24, 2.45) is 0 Å². The largest absolute Gasteiger partial charge is 0.462 e. The van der Waals surface area contributed by atoms with E-state index in [9.17, 15) is 9.59 Å². The maximum Gasteiger partial charge on any atom is 0.338 e. The molecule has 0 saturated heterocycles. The van der Waals surface area contributed by atoms with Crippen LogP contribution in [0, 0.1) is 33.5 Å². The fourth-order valence-corrected chi connectivity index (χ4v) is 2.84. The van der Waals surface area contributed by atoms with Gasteiger partial charge in [0, 0.05) is 15.7 Å². The van der Waals surface area contributed by atoms with E-state index < -0.39 is 16.1 Å². The van der Waals surface area contributed by atoms with Crippen LogP contribution in [0.4, 0.5) is 0 Å². The monoisotopic (exact) mass is 619 g/mol. The average Bonchev–Trinajstić information content (AvgIpc) is 2.79. The summed E-state index contributed by atoms with van der Waals surface area (Å²) in [6.07, 6.45) is 5.05. The normalized spacial score (nSPS) is 10.0. The zero-order chi connectivity index (χ0) is 27.1. The van der Waals surface area contributed by atoms with Crippen molar-refractivity contribution >= 4 is 50.7 Å². The number of rotatable bonds is 4. The lowest BCUT2D eigenvalue weighted by Crippen LogP contribution is -2.16. The van der Waals surface area contributed by atoms with E-state index in [0.29, 0.717) is 24.3 Å². The molecule has 0 radical (unpaired) electrons. The van der Waals surface area contributed by atoms with E-state index in [-0.39, 0.29) is 11.9 Å². The predicted octanol–water partition coefficient (Wildman–Crippen LogP) is 6.80. The van der Waals surface area contributed by atoms with E-state index in [0.717, 1.165) is 9.13 Å². The first-order valence-electron chi connectivity index (χ1n) is 11.3. The average molecular weight is 620 g/mol. The van der Waals surface area contributed by atoms with Crippen molar-refractivity contribution in [1.82, 2.24) is 0 Å². The number of hydrogen-bond donors (Lipinski definition) is 0. The van der Waals surface area contributed by atoms with Gasteiger partial charge in [0.25, 0.3) is 0 Å². The van der Waals surface area contributed by atoms with Crippen molar-refractivity contribution in [1.29, 1.82) is 0 Å². The van der Waals surface area contributed by atoms with Crippen molar-refractivity contribution in [3.63, 3.8) is 0 Å². The Bertz CT molecular complexity index is 1030. The van der Waals surface area contributed by atoms with Gasteiger partial charge in [0.05, 0.1) is 24.3 Å². The summed E-state index contributed by atoms with van der Waals surface area (Å²) in [5.74, 6) is 2.61. The third-order valence-electron chi connectivity index (χ3n) is 3.72. The second-order valence-electron chi connectivity index (χ2n) is 9.05. The number of benzene rings is 2.